The molecule has 134 valence electrons. The first-order valence-corrected chi connectivity index (χ1v) is 9.16. The van der Waals surface area contributed by atoms with Gasteiger partial charge in [0.05, 0.1) is 13.2 Å². The lowest BCUT2D eigenvalue weighted by molar-refractivity contribution is -0.434. The van der Waals surface area contributed by atoms with Crippen LogP contribution in [0.1, 0.15) is 46.5 Å². The molecule has 0 aliphatic heterocycles. The van der Waals surface area contributed by atoms with Gasteiger partial charge in [0.2, 0.25) is 0 Å². The van der Waals surface area contributed by atoms with Gasteiger partial charge in [-0.15, -0.1) is 4.33 Å². The van der Waals surface area contributed by atoms with Crippen LogP contribution in [0.2, 0.25) is 0 Å². The van der Waals surface area contributed by atoms with Gasteiger partial charge in [-0.05, 0) is 43.4 Å². The average molecular weight is 362 g/mol. The van der Waals surface area contributed by atoms with Crippen molar-refractivity contribution in [3.05, 3.63) is 0 Å². The first-order valence-electron chi connectivity index (χ1n) is 7.12. The molecule has 0 spiro atoms. The normalized spacial score (nSPS) is 16.4. The highest BCUT2D eigenvalue weighted by molar-refractivity contribution is 7.89. The Bertz CT molecular complexity index is 362. The third-order valence-electron chi connectivity index (χ3n) is 3.25. The fourth-order valence-electron chi connectivity index (χ4n) is 2.38. The van der Waals surface area contributed by atoms with Crippen LogP contribution in [0.15, 0.2) is 0 Å². The van der Waals surface area contributed by atoms with Crippen molar-refractivity contribution in [2.45, 2.75) is 46.5 Å². The van der Waals surface area contributed by atoms with Crippen molar-refractivity contribution in [3.63, 3.8) is 0 Å². The summed E-state index contributed by atoms with van der Waals surface area (Å²) in [6.07, 6.45) is 3.41. The Morgan fingerprint density at radius 1 is 1.00 bits per heavy atom. The molecule has 8 nitrogen and oxygen atoms in total. The lowest BCUT2D eigenvalue weighted by Crippen LogP contribution is -2.12. The molecule has 0 rings (SSSR count). The molecule has 3 unspecified atom stereocenters. The summed E-state index contributed by atoms with van der Waals surface area (Å²) in [5.74, 6) is 1.26. The Hall–Kier alpha value is 0.0600. The number of hydrogen-bond acceptors (Lipinski definition) is 8. The maximum absolute atomic E-state index is 10.4. The van der Waals surface area contributed by atoms with E-state index in [1.807, 2.05) is 6.92 Å². The van der Waals surface area contributed by atoms with Gasteiger partial charge in [-0.3, -0.25) is 8.74 Å². The summed E-state index contributed by atoms with van der Waals surface area (Å²) in [5, 5.41) is 11.3. The molecule has 22 heavy (non-hydrogen) atoms. The number of hydrogen-bond donors (Lipinski definition) is 2. The fourth-order valence-corrected chi connectivity index (χ4v) is 2.91. The molecule has 0 fully saturated rings. The van der Waals surface area contributed by atoms with Gasteiger partial charge in [0.1, 0.15) is 0 Å². The highest BCUT2D eigenvalue weighted by Gasteiger charge is 2.14. The van der Waals surface area contributed by atoms with E-state index in [-0.39, 0.29) is 6.61 Å². The summed E-state index contributed by atoms with van der Waals surface area (Å²) in [4.78, 5) is 0. The minimum Gasteiger partial charge on any atom is -0.289 e. The zero-order chi connectivity index (χ0) is 17.0. The van der Waals surface area contributed by atoms with Crippen LogP contribution >= 0.6 is 12.3 Å². The molecular formula is C12H26O8S2. The summed E-state index contributed by atoms with van der Waals surface area (Å²) < 4.78 is 42.8. The van der Waals surface area contributed by atoms with E-state index >= 15 is 0 Å². The second-order valence-corrected chi connectivity index (χ2v) is 7.25. The quantitative estimate of drug-likeness (QED) is 0.158. The van der Waals surface area contributed by atoms with Crippen LogP contribution in [0.5, 0.6) is 0 Å². The van der Waals surface area contributed by atoms with Crippen LogP contribution in [0.4, 0.5) is 0 Å². The molecule has 0 aromatic rings. The third kappa shape index (κ3) is 15.0. The molecule has 0 bridgehead atoms. The molecule has 10 heteroatoms. The van der Waals surface area contributed by atoms with E-state index in [1.54, 1.807) is 0 Å². The van der Waals surface area contributed by atoms with Gasteiger partial charge in [0, 0.05) is 0 Å². The maximum Gasteiger partial charge on any atom is 0.397 e. The van der Waals surface area contributed by atoms with Gasteiger partial charge < -0.3 is 0 Å². The van der Waals surface area contributed by atoms with Crippen molar-refractivity contribution in [2.24, 2.45) is 17.8 Å². The predicted octanol–water partition coefficient (Wildman–Crippen LogP) is 3.28. The smallest absolute Gasteiger partial charge is 0.289 e. The lowest BCUT2D eigenvalue weighted by Gasteiger charge is -2.20. The van der Waals surface area contributed by atoms with Crippen molar-refractivity contribution in [3.8, 4) is 0 Å². The monoisotopic (exact) mass is 362 g/mol. The van der Waals surface area contributed by atoms with Crippen LogP contribution in [-0.2, 0) is 28.1 Å². The van der Waals surface area contributed by atoms with Crippen molar-refractivity contribution < 1.29 is 36.0 Å². The van der Waals surface area contributed by atoms with Gasteiger partial charge >= 0.3 is 10.4 Å². The first-order chi connectivity index (χ1) is 10.2. The Morgan fingerprint density at radius 3 is 2.05 bits per heavy atom. The summed E-state index contributed by atoms with van der Waals surface area (Å²) in [6, 6.07) is 0. The molecular weight excluding hydrogens is 336 g/mol. The van der Waals surface area contributed by atoms with Crippen molar-refractivity contribution in [1.82, 2.24) is 0 Å². The minimum atomic E-state index is -4.33. The van der Waals surface area contributed by atoms with E-state index in [0.717, 1.165) is 19.3 Å². The van der Waals surface area contributed by atoms with E-state index in [4.69, 9.17) is 14.0 Å². The highest BCUT2D eigenvalue weighted by Crippen LogP contribution is 2.23. The third-order valence-corrected chi connectivity index (χ3v) is 4.10. The van der Waals surface area contributed by atoms with E-state index in [9.17, 15) is 8.42 Å². The summed E-state index contributed by atoms with van der Waals surface area (Å²) >= 11 is 0.580. The summed E-state index contributed by atoms with van der Waals surface area (Å²) in [6.45, 7) is 6.79. The van der Waals surface area contributed by atoms with Crippen LogP contribution in [0.3, 0.4) is 0 Å². The maximum atomic E-state index is 10.4. The van der Waals surface area contributed by atoms with E-state index < -0.39 is 10.4 Å². The lowest BCUT2D eigenvalue weighted by atomic mass is 9.87. The Morgan fingerprint density at radius 2 is 1.55 bits per heavy atom. The molecule has 2 N–H and O–H groups in total. The van der Waals surface area contributed by atoms with Gasteiger partial charge in [-0.2, -0.15) is 8.42 Å². The fraction of sp³-hybridized carbons (Fsp3) is 1.00. The van der Waals surface area contributed by atoms with Gasteiger partial charge in [-0.1, -0.05) is 25.8 Å². The zero-order valence-electron chi connectivity index (χ0n) is 13.1. The molecule has 0 aliphatic carbocycles. The largest absolute Gasteiger partial charge is 0.397 e. The molecule has 3 atom stereocenters. The molecule has 0 radical (unpaired) electrons. The molecule has 0 amide bonds. The summed E-state index contributed by atoms with van der Waals surface area (Å²) in [5.41, 5.74) is 0. The zero-order valence-corrected chi connectivity index (χ0v) is 14.8. The standard InChI is InChI=1S/C12H26O8S2/c1-10(4-6-17-21-20-19-13)8-12(3)9-11(2)5-7-18-22(14,15)16/h10-13H,4-9H2,1-3H3,(H,14,15,16). The molecule has 0 aliphatic rings. The van der Waals surface area contributed by atoms with Crippen LogP contribution < -0.4 is 0 Å². The number of rotatable bonds is 14. The van der Waals surface area contributed by atoms with E-state index in [2.05, 4.69) is 27.4 Å². The SMILES string of the molecule is CC(CCOSOOO)CC(C)CC(C)CCOS(=O)(=O)O. The Kier molecular flexibility index (Phi) is 12.5. The van der Waals surface area contributed by atoms with Crippen LogP contribution in [-0.4, -0.2) is 31.4 Å². The predicted molar refractivity (Wildman–Crippen MR) is 81.8 cm³/mol. The highest BCUT2D eigenvalue weighted by atomic mass is 32.3. The average Bonchev–Trinajstić information content (AvgIpc) is 2.36. The molecule has 0 heterocycles. The van der Waals surface area contributed by atoms with Gasteiger partial charge in [0.15, 0.2) is 12.3 Å². The van der Waals surface area contributed by atoms with Crippen LogP contribution in [0.25, 0.3) is 0 Å². The van der Waals surface area contributed by atoms with Gasteiger partial charge in [0.25, 0.3) is 0 Å². The second kappa shape index (κ2) is 12.5. The summed E-state index contributed by atoms with van der Waals surface area (Å²) in [7, 11) is -4.33. The molecule has 0 aromatic carbocycles. The van der Waals surface area contributed by atoms with E-state index in [1.165, 1.54) is 0 Å². The van der Waals surface area contributed by atoms with Crippen molar-refractivity contribution in [2.75, 3.05) is 13.2 Å². The molecule has 0 aromatic heterocycles. The Balaban J connectivity index is 3.70. The molecule has 0 saturated heterocycles. The molecule has 0 saturated carbocycles. The van der Waals surface area contributed by atoms with Crippen LogP contribution in [0, 0.1) is 17.8 Å². The van der Waals surface area contributed by atoms with Crippen molar-refractivity contribution >= 4 is 22.7 Å². The topological polar surface area (TPSA) is 112 Å². The second-order valence-electron chi connectivity index (χ2n) is 5.65. The van der Waals surface area contributed by atoms with E-state index in [0.29, 0.717) is 43.1 Å². The first kappa shape index (κ1) is 22.1. The van der Waals surface area contributed by atoms with Gasteiger partial charge in [-0.25, -0.2) is 9.44 Å². The van der Waals surface area contributed by atoms with Crippen molar-refractivity contribution in [1.29, 1.82) is 0 Å². The Labute approximate surface area is 136 Å². The minimum absolute atomic E-state index is 0.000263.